The third kappa shape index (κ3) is 5.11. The van der Waals surface area contributed by atoms with Crippen molar-refractivity contribution < 1.29 is 4.79 Å². The fourth-order valence-corrected chi connectivity index (χ4v) is 4.62. The van der Waals surface area contributed by atoms with Crippen molar-refractivity contribution in [3.63, 3.8) is 0 Å². The number of nitrogens with one attached hydrogen (secondary N) is 1. The highest BCUT2D eigenvalue weighted by molar-refractivity contribution is 6.30. The summed E-state index contributed by atoms with van der Waals surface area (Å²) < 4.78 is 0. The monoisotopic (exact) mass is 458 g/mol. The molecule has 2 aliphatic heterocycles. The standard InChI is InChI=1S/C22H31ClN8O/c1-3-17-20(23)28-22(19(27-17)21(24)32)26-15-4-5-18(25-14-15)31-8-6-16(7-9-31)30-12-10-29(2)11-13-30/h4-5,14,16H,3,6-13H2,1-2H3,(H2,24,32)(H,26,28). The van der Waals surface area contributed by atoms with E-state index in [0.717, 1.165) is 44.8 Å². The number of amides is 1. The lowest BCUT2D eigenvalue weighted by molar-refractivity contribution is 0.0981. The lowest BCUT2D eigenvalue weighted by Crippen LogP contribution is -2.52. The van der Waals surface area contributed by atoms with Gasteiger partial charge < -0.3 is 20.9 Å². The fraction of sp³-hybridized carbons (Fsp3) is 0.545. The van der Waals surface area contributed by atoms with Gasteiger partial charge in [-0.15, -0.1) is 0 Å². The van der Waals surface area contributed by atoms with E-state index in [-0.39, 0.29) is 16.7 Å². The summed E-state index contributed by atoms with van der Waals surface area (Å²) in [5.74, 6) is 0.536. The number of nitrogens with two attached hydrogens (primary N) is 1. The molecule has 4 rings (SSSR count). The summed E-state index contributed by atoms with van der Waals surface area (Å²) in [7, 11) is 2.19. The minimum absolute atomic E-state index is 0.0707. The first-order chi connectivity index (χ1) is 15.4. The molecule has 0 radical (unpaired) electrons. The Morgan fingerprint density at radius 3 is 2.47 bits per heavy atom. The summed E-state index contributed by atoms with van der Waals surface area (Å²) in [5.41, 5.74) is 6.79. The number of hydrogen-bond acceptors (Lipinski definition) is 8. The smallest absolute Gasteiger partial charge is 0.271 e. The Morgan fingerprint density at radius 2 is 1.88 bits per heavy atom. The Balaban J connectivity index is 1.38. The highest BCUT2D eigenvalue weighted by Crippen LogP contribution is 2.25. The molecule has 9 nitrogen and oxygen atoms in total. The topological polar surface area (TPSA) is 104 Å². The SMILES string of the molecule is CCc1nc(C(N)=O)c(Nc2ccc(N3CCC(N4CCN(C)CC4)CC3)nc2)nc1Cl. The zero-order valence-corrected chi connectivity index (χ0v) is 19.5. The second-order valence-electron chi connectivity index (χ2n) is 8.46. The maximum Gasteiger partial charge on any atom is 0.271 e. The van der Waals surface area contributed by atoms with E-state index in [4.69, 9.17) is 17.3 Å². The lowest BCUT2D eigenvalue weighted by Gasteiger charge is -2.42. The number of piperazine rings is 1. The number of carbonyl (C=O) groups is 1. The van der Waals surface area contributed by atoms with E-state index >= 15 is 0 Å². The predicted molar refractivity (Wildman–Crippen MR) is 127 cm³/mol. The summed E-state index contributed by atoms with van der Waals surface area (Å²) in [6, 6.07) is 4.57. The molecule has 0 bridgehead atoms. The zero-order valence-electron chi connectivity index (χ0n) is 18.7. The van der Waals surface area contributed by atoms with Crippen LogP contribution in [0.25, 0.3) is 0 Å². The number of likely N-dealkylation sites (N-methyl/N-ethyl adjacent to an activating group) is 1. The molecule has 0 atom stereocenters. The van der Waals surface area contributed by atoms with E-state index in [1.54, 1.807) is 6.20 Å². The molecule has 0 aliphatic carbocycles. The van der Waals surface area contributed by atoms with Gasteiger partial charge in [0.25, 0.3) is 5.91 Å². The molecule has 172 valence electrons. The number of anilines is 3. The number of rotatable bonds is 6. The summed E-state index contributed by atoms with van der Waals surface area (Å²) in [6.45, 7) is 8.54. The van der Waals surface area contributed by atoms with Crippen LogP contribution in [0, 0.1) is 0 Å². The third-order valence-electron chi connectivity index (χ3n) is 6.34. The van der Waals surface area contributed by atoms with Crippen molar-refractivity contribution >= 4 is 34.8 Å². The summed E-state index contributed by atoms with van der Waals surface area (Å²) in [6.07, 6.45) is 4.61. The number of aryl methyl sites for hydroxylation is 1. The predicted octanol–water partition coefficient (Wildman–Crippen LogP) is 2.15. The van der Waals surface area contributed by atoms with E-state index < -0.39 is 5.91 Å². The number of nitrogens with zero attached hydrogens (tertiary/aromatic N) is 6. The van der Waals surface area contributed by atoms with Gasteiger partial charge in [0.15, 0.2) is 16.7 Å². The minimum Gasteiger partial charge on any atom is -0.364 e. The van der Waals surface area contributed by atoms with Gasteiger partial charge in [0.05, 0.1) is 17.6 Å². The largest absolute Gasteiger partial charge is 0.364 e. The van der Waals surface area contributed by atoms with Crippen LogP contribution in [-0.4, -0.2) is 83.0 Å². The molecule has 0 unspecified atom stereocenters. The Bertz CT molecular complexity index is 938. The van der Waals surface area contributed by atoms with Gasteiger partial charge in [0, 0.05) is 45.3 Å². The summed E-state index contributed by atoms with van der Waals surface area (Å²) in [4.78, 5) is 32.3. The van der Waals surface area contributed by atoms with E-state index in [2.05, 4.69) is 42.0 Å². The summed E-state index contributed by atoms with van der Waals surface area (Å²) >= 11 is 6.18. The molecule has 2 aromatic heterocycles. The van der Waals surface area contributed by atoms with Crippen molar-refractivity contribution in [1.82, 2.24) is 24.8 Å². The van der Waals surface area contributed by atoms with Crippen molar-refractivity contribution in [3.05, 3.63) is 34.9 Å². The molecular formula is C22H31ClN8O. The van der Waals surface area contributed by atoms with E-state index in [1.165, 1.54) is 13.1 Å². The first kappa shape index (κ1) is 22.7. The number of primary amides is 1. The van der Waals surface area contributed by atoms with Crippen LogP contribution in [0.15, 0.2) is 18.3 Å². The number of piperidine rings is 1. The third-order valence-corrected chi connectivity index (χ3v) is 6.64. The molecule has 0 spiro atoms. The molecular weight excluding hydrogens is 428 g/mol. The number of pyridine rings is 1. The van der Waals surface area contributed by atoms with Crippen molar-refractivity contribution in [1.29, 1.82) is 0 Å². The van der Waals surface area contributed by atoms with Gasteiger partial charge in [-0.1, -0.05) is 18.5 Å². The Labute approximate surface area is 194 Å². The summed E-state index contributed by atoms with van der Waals surface area (Å²) in [5, 5.41) is 3.34. The van der Waals surface area contributed by atoms with Crippen molar-refractivity contribution in [2.24, 2.45) is 5.73 Å². The van der Waals surface area contributed by atoms with Crippen LogP contribution in [0.1, 0.15) is 35.9 Å². The second-order valence-corrected chi connectivity index (χ2v) is 8.82. The van der Waals surface area contributed by atoms with Gasteiger partial charge >= 0.3 is 0 Å². The molecule has 2 aromatic rings. The minimum atomic E-state index is -0.654. The van der Waals surface area contributed by atoms with Crippen LogP contribution in [0.4, 0.5) is 17.3 Å². The highest BCUT2D eigenvalue weighted by Gasteiger charge is 2.27. The number of hydrogen-bond donors (Lipinski definition) is 2. The average molecular weight is 459 g/mol. The fourth-order valence-electron chi connectivity index (χ4n) is 4.36. The van der Waals surface area contributed by atoms with Gasteiger partial charge in [-0.05, 0) is 38.4 Å². The molecule has 32 heavy (non-hydrogen) atoms. The highest BCUT2D eigenvalue weighted by atomic mass is 35.5. The molecule has 2 saturated heterocycles. The molecule has 1 amide bonds. The zero-order chi connectivity index (χ0) is 22.7. The first-order valence-electron chi connectivity index (χ1n) is 11.2. The van der Waals surface area contributed by atoms with Gasteiger partial charge in [-0.25, -0.2) is 15.0 Å². The number of aromatic nitrogens is 3. The van der Waals surface area contributed by atoms with Crippen molar-refractivity contribution in [3.8, 4) is 0 Å². The number of halogens is 1. The molecule has 4 heterocycles. The van der Waals surface area contributed by atoms with Crippen LogP contribution in [-0.2, 0) is 6.42 Å². The van der Waals surface area contributed by atoms with Crippen molar-refractivity contribution in [2.75, 3.05) is 56.5 Å². The second kappa shape index (κ2) is 9.97. The van der Waals surface area contributed by atoms with Gasteiger partial charge in [-0.2, -0.15) is 0 Å². The first-order valence-corrected chi connectivity index (χ1v) is 11.6. The van der Waals surface area contributed by atoms with Crippen LogP contribution in [0.3, 0.4) is 0 Å². The van der Waals surface area contributed by atoms with Crippen LogP contribution < -0.4 is 16.0 Å². The number of carbonyl (C=O) groups excluding carboxylic acids is 1. The normalized spacial score (nSPS) is 18.7. The molecule has 0 saturated carbocycles. The van der Waals surface area contributed by atoms with E-state index in [0.29, 0.717) is 23.8 Å². The quantitative estimate of drug-likeness (QED) is 0.678. The van der Waals surface area contributed by atoms with Gasteiger partial charge in [-0.3, -0.25) is 9.69 Å². The van der Waals surface area contributed by atoms with Crippen LogP contribution in [0.2, 0.25) is 5.15 Å². The average Bonchev–Trinajstić information content (AvgIpc) is 2.80. The maximum atomic E-state index is 11.8. The molecule has 2 aliphatic rings. The van der Waals surface area contributed by atoms with E-state index in [1.807, 2.05) is 19.1 Å². The lowest BCUT2D eigenvalue weighted by atomic mass is 10.0. The molecule has 0 aromatic carbocycles. The maximum absolute atomic E-state index is 11.8. The molecule has 3 N–H and O–H groups in total. The van der Waals surface area contributed by atoms with E-state index in [9.17, 15) is 4.79 Å². The Hall–Kier alpha value is -2.49. The molecule has 2 fully saturated rings. The Kier molecular flexibility index (Phi) is 7.07. The Morgan fingerprint density at radius 1 is 1.16 bits per heavy atom. The van der Waals surface area contributed by atoms with Crippen LogP contribution in [0.5, 0.6) is 0 Å². The van der Waals surface area contributed by atoms with Crippen molar-refractivity contribution in [2.45, 2.75) is 32.2 Å². The van der Waals surface area contributed by atoms with Gasteiger partial charge in [0.1, 0.15) is 5.82 Å². The van der Waals surface area contributed by atoms with Crippen LogP contribution >= 0.6 is 11.6 Å². The molecule has 10 heteroatoms. The van der Waals surface area contributed by atoms with Gasteiger partial charge in [0.2, 0.25) is 0 Å².